The van der Waals surface area contributed by atoms with Crippen LogP contribution in [-0.4, -0.2) is 23.0 Å². The van der Waals surface area contributed by atoms with Crippen LogP contribution in [-0.2, 0) is 4.74 Å². The SMILES string of the molecule is COC(=O)c1ccc(-c2cccc([N+](=O)[O-])c2)[nH]1. The Morgan fingerprint density at radius 2 is 2.11 bits per heavy atom. The number of methoxy groups -OCH3 is 1. The number of H-pyrrole nitrogens is 1. The lowest BCUT2D eigenvalue weighted by molar-refractivity contribution is -0.384. The van der Waals surface area contributed by atoms with Gasteiger partial charge in [0.15, 0.2) is 0 Å². The van der Waals surface area contributed by atoms with E-state index in [0.717, 1.165) is 0 Å². The Labute approximate surface area is 102 Å². The summed E-state index contributed by atoms with van der Waals surface area (Å²) in [6.45, 7) is 0. The molecule has 0 radical (unpaired) electrons. The molecule has 0 unspecified atom stereocenters. The highest BCUT2D eigenvalue weighted by Crippen LogP contribution is 2.23. The van der Waals surface area contributed by atoms with Crippen molar-refractivity contribution in [1.82, 2.24) is 4.98 Å². The fraction of sp³-hybridized carbons (Fsp3) is 0.0833. The number of carbonyl (C=O) groups is 1. The van der Waals surface area contributed by atoms with E-state index < -0.39 is 10.9 Å². The van der Waals surface area contributed by atoms with Crippen LogP contribution in [0.4, 0.5) is 5.69 Å². The Kier molecular flexibility index (Phi) is 3.09. The molecule has 1 N–H and O–H groups in total. The minimum absolute atomic E-state index is 0.00159. The average molecular weight is 246 g/mol. The number of nitro groups is 1. The van der Waals surface area contributed by atoms with Crippen LogP contribution in [0, 0.1) is 10.1 Å². The van der Waals surface area contributed by atoms with Gasteiger partial charge < -0.3 is 9.72 Å². The van der Waals surface area contributed by atoms with Crippen molar-refractivity contribution < 1.29 is 14.5 Å². The van der Waals surface area contributed by atoms with Crippen molar-refractivity contribution in [1.29, 1.82) is 0 Å². The number of nitrogens with zero attached hydrogens (tertiary/aromatic N) is 1. The first-order chi connectivity index (χ1) is 8.61. The third-order valence-corrected chi connectivity index (χ3v) is 2.46. The fourth-order valence-electron chi connectivity index (χ4n) is 1.58. The van der Waals surface area contributed by atoms with Gasteiger partial charge in [0, 0.05) is 23.4 Å². The Balaban J connectivity index is 2.37. The second kappa shape index (κ2) is 4.70. The van der Waals surface area contributed by atoms with Crippen molar-refractivity contribution in [3.63, 3.8) is 0 Å². The van der Waals surface area contributed by atoms with Crippen LogP contribution in [0.2, 0.25) is 0 Å². The average Bonchev–Trinajstić information content (AvgIpc) is 2.87. The van der Waals surface area contributed by atoms with Gasteiger partial charge in [-0.15, -0.1) is 0 Å². The molecule has 6 nitrogen and oxygen atoms in total. The lowest BCUT2D eigenvalue weighted by Gasteiger charge is -1.98. The molecule has 0 fully saturated rings. The summed E-state index contributed by atoms with van der Waals surface area (Å²) < 4.78 is 4.57. The maximum atomic E-state index is 11.3. The molecule has 0 atom stereocenters. The summed E-state index contributed by atoms with van der Waals surface area (Å²) in [6.07, 6.45) is 0. The molecule has 0 aliphatic heterocycles. The fourth-order valence-corrected chi connectivity index (χ4v) is 1.58. The largest absolute Gasteiger partial charge is 0.464 e. The molecule has 0 aliphatic rings. The van der Waals surface area contributed by atoms with Crippen molar-refractivity contribution in [2.45, 2.75) is 0 Å². The summed E-state index contributed by atoms with van der Waals surface area (Å²) in [5, 5.41) is 10.7. The van der Waals surface area contributed by atoms with Gasteiger partial charge >= 0.3 is 5.97 Å². The lowest BCUT2D eigenvalue weighted by atomic mass is 10.1. The Morgan fingerprint density at radius 1 is 1.33 bits per heavy atom. The number of nitro benzene ring substituents is 1. The summed E-state index contributed by atoms with van der Waals surface area (Å²) in [4.78, 5) is 24.3. The second-order valence-corrected chi connectivity index (χ2v) is 3.58. The predicted octanol–water partition coefficient (Wildman–Crippen LogP) is 2.38. The molecule has 2 aromatic rings. The molecule has 0 saturated heterocycles. The van der Waals surface area contributed by atoms with Crippen LogP contribution >= 0.6 is 0 Å². The number of aromatic amines is 1. The van der Waals surface area contributed by atoms with Crippen molar-refractivity contribution in [2.75, 3.05) is 7.11 Å². The highest BCUT2D eigenvalue weighted by atomic mass is 16.6. The van der Waals surface area contributed by atoms with E-state index in [1.807, 2.05) is 0 Å². The number of esters is 1. The summed E-state index contributed by atoms with van der Waals surface area (Å²) >= 11 is 0. The highest BCUT2D eigenvalue weighted by molar-refractivity contribution is 5.88. The highest BCUT2D eigenvalue weighted by Gasteiger charge is 2.11. The maximum Gasteiger partial charge on any atom is 0.354 e. The van der Waals surface area contributed by atoms with Gasteiger partial charge in [-0.25, -0.2) is 4.79 Å². The minimum atomic E-state index is -0.480. The molecule has 1 aromatic heterocycles. The molecule has 18 heavy (non-hydrogen) atoms. The smallest absolute Gasteiger partial charge is 0.354 e. The van der Waals surface area contributed by atoms with Crippen LogP contribution < -0.4 is 0 Å². The van der Waals surface area contributed by atoms with E-state index in [0.29, 0.717) is 17.0 Å². The van der Waals surface area contributed by atoms with Crippen LogP contribution in [0.3, 0.4) is 0 Å². The number of aromatic nitrogens is 1. The van der Waals surface area contributed by atoms with Crippen LogP contribution in [0.25, 0.3) is 11.3 Å². The van der Waals surface area contributed by atoms with Crippen molar-refractivity contribution >= 4 is 11.7 Å². The zero-order valence-electron chi connectivity index (χ0n) is 9.54. The maximum absolute atomic E-state index is 11.3. The van der Waals surface area contributed by atoms with E-state index in [9.17, 15) is 14.9 Å². The number of hydrogen-bond donors (Lipinski definition) is 1. The van der Waals surface area contributed by atoms with E-state index in [1.54, 1.807) is 24.3 Å². The van der Waals surface area contributed by atoms with Gasteiger partial charge in [0.25, 0.3) is 5.69 Å². The normalized spacial score (nSPS) is 10.1. The lowest BCUT2D eigenvalue weighted by Crippen LogP contribution is -2.00. The van der Waals surface area contributed by atoms with Gasteiger partial charge in [0.2, 0.25) is 0 Å². The number of benzene rings is 1. The first-order valence-corrected chi connectivity index (χ1v) is 5.14. The van der Waals surface area contributed by atoms with Crippen molar-refractivity contribution in [2.24, 2.45) is 0 Å². The molecule has 6 heteroatoms. The molecular weight excluding hydrogens is 236 g/mol. The first kappa shape index (κ1) is 11.8. The first-order valence-electron chi connectivity index (χ1n) is 5.14. The van der Waals surface area contributed by atoms with Gasteiger partial charge in [0.1, 0.15) is 5.69 Å². The number of carbonyl (C=O) groups excluding carboxylic acids is 1. The molecule has 0 bridgehead atoms. The van der Waals surface area contributed by atoms with Gasteiger partial charge in [0.05, 0.1) is 12.0 Å². The van der Waals surface area contributed by atoms with Crippen LogP contribution in [0.15, 0.2) is 36.4 Å². The summed E-state index contributed by atoms with van der Waals surface area (Å²) in [5.74, 6) is -0.480. The molecule has 0 saturated carbocycles. The molecule has 2 rings (SSSR count). The minimum Gasteiger partial charge on any atom is -0.464 e. The monoisotopic (exact) mass is 246 g/mol. The van der Waals surface area contributed by atoms with E-state index >= 15 is 0 Å². The molecule has 0 aliphatic carbocycles. The quantitative estimate of drug-likeness (QED) is 0.511. The zero-order chi connectivity index (χ0) is 13.1. The third kappa shape index (κ3) is 2.22. The predicted molar refractivity (Wildman–Crippen MR) is 64.2 cm³/mol. The summed E-state index contributed by atoms with van der Waals surface area (Å²) in [5.41, 5.74) is 1.57. The van der Waals surface area contributed by atoms with E-state index in [2.05, 4.69) is 9.72 Å². The number of non-ortho nitro benzene ring substituents is 1. The van der Waals surface area contributed by atoms with Crippen LogP contribution in [0.1, 0.15) is 10.5 Å². The van der Waals surface area contributed by atoms with E-state index in [-0.39, 0.29) is 5.69 Å². The van der Waals surface area contributed by atoms with E-state index in [4.69, 9.17) is 0 Å². The van der Waals surface area contributed by atoms with Crippen molar-refractivity contribution in [3.05, 3.63) is 52.2 Å². The zero-order valence-corrected chi connectivity index (χ0v) is 9.54. The van der Waals surface area contributed by atoms with Gasteiger partial charge in [-0.1, -0.05) is 12.1 Å². The topological polar surface area (TPSA) is 85.2 Å². The Morgan fingerprint density at radius 3 is 2.78 bits per heavy atom. The Hall–Kier alpha value is -2.63. The second-order valence-electron chi connectivity index (χ2n) is 3.58. The standard InChI is InChI=1S/C12H10N2O4/c1-18-12(15)11-6-5-10(13-11)8-3-2-4-9(7-8)14(16)17/h2-7,13H,1H3. The molecule has 1 heterocycles. The number of hydrogen-bond acceptors (Lipinski definition) is 4. The number of rotatable bonds is 3. The van der Waals surface area contributed by atoms with Gasteiger partial charge in [-0.3, -0.25) is 10.1 Å². The van der Waals surface area contributed by atoms with E-state index in [1.165, 1.54) is 19.2 Å². The molecule has 0 spiro atoms. The van der Waals surface area contributed by atoms with Gasteiger partial charge in [-0.05, 0) is 12.1 Å². The molecule has 92 valence electrons. The summed E-state index contributed by atoms with van der Waals surface area (Å²) in [6, 6.07) is 9.40. The third-order valence-electron chi connectivity index (χ3n) is 2.46. The Bertz CT molecular complexity index is 604. The van der Waals surface area contributed by atoms with Crippen LogP contribution in [0.5, 0.6) is 0 Å². The molecule has 0 amide bonds. The number of nitrogens with one attached hydrogen (secondary N) is 1. The van der Waals surface area contributed by atoms with Crippen molar-refractivity contribution in [3.8, 4) is 11.3 Å². The molecule has 1 aromatic carbocycles. The molecular formula is C12H10N2O4. The summed E-state index contributed by atoms with van der Waals surface area (Å²) in [7, 11) is 1.29. The van der Waals surface area contributed by atoms with Gasteiger partial charge in [-0.2, -0.15) is 0 Å². The number of ether oxygens (including phenoxy) is 1.